The normalized spacial score (nSPS) is 10.6. The molecule has 3 rings (SSSR count). The summed E-state index contributed by atoms with van der Waals surface area (Å²) in [7, 11) is 1.56. The minimum Gasteiger partial charge on any atom is -0.354 e. The molecule has 3 aromatic rings. The van der Waals surface area contributed by atoms with E-state index in [0.29, 0.717) is 5.13 Å². The molecule has 3 N–H and O–H groups in total. The minimum absolute atomic E-state index is 0.106. The molecule has 2 aromatic carbocycles. The molecule has 6 nitrogen and oxygen atoms in total. The number of nitrogens with zero attached hydrogens (tertiary/aromatic N) is 2. The van der Waals surface area contributed by atoms with Gasteiger partial charge in [-0.1, -0.05) is 42.5 Å². The van der Waals surface area contributed by atoms with Crippen LogP contribution in [0.4, 0.5) is 9.52 Å². The summed E-state index contributed by atoms with van der Waals surface area (Å²) in [6.45, 7) is 0.545. The van der Waals surface area contributed by atoms with Gasteiger partial charge in [-0.05, 0) is 17.7 Å². The summed E-state index contributed by atoms with van der Waals surface area (Å²) in [5, 5.41) is 6.64. The number of carbonyl (C=O) groups excluding carboxylic acids is 2. The lowest BCUT2D eigenvalue weighted by molar-refractivity contribution is -0.632. The summed E-state index contributed by atoms with van der Waals surface area (Å²) in [4.78, 5) is 30.5. The molecule has 8 heteroatoms. The topological polar surface area (TPSA) is 78.9 Å². The summed E-state index contributed by atoms with van der Waals surface area (Å²) in [6, 6.07) is 15.8. The Morgan fingerprint density at radius 2 is 1.83 bits per heavy atom. The van der Waals surface area contributed by atoms with Gasteiger partial charge in [0.05, 0.1) is 12.2 Å². The van der Waals surface area contributed by atoms with Crippen LogP contribution < -0.4 is 15.5 Å². The van der Waals surface area contributed by atoms with Crippen LogP contribution in [0.5, 0.6) is 0 Å². The molecule has 0 bridgehead atoms. The van der Waals surface area contributed by atoms with E-state index in [1.54, 1.807) is 29.4 Å². The van der Waals surface area contributed by atoms with E-state index in [1.165, 1.54) is 23.5 Å². The first-order valence-electron chi connectivity index (χ1n) is 9.15. The summed E-state index contributed by atoms with van der Waals surface area (Å²) in [5.74, 6) is -0.651. The molecule has 1 heterocycles. The number of halogens is 1. The Kier molecular flexibility index (Phi) is 7.04. The van der Waals surface area contributed by atoms with Crippen molar-refractivity contribution < 1.29 is 19.3 Å². The number of thiazole rings is 1. The molecule has 29 heavy (non-hydrogen) atoms. The molecule has 1 aromatic heterocycles. The first-order valence-corrected chi connectivity index (χ1v) is 10.0. The zero-order valence-electron chi connectivity index (χ0n) is 16.0. The van der Waals surface area contributed by atoms with Crippen LogP contribution in [0.2, 0.25) is 0 Å². The van der Waals surface area contributed by atoms with E-state index in [9.17, 15) is 14.0 Å². The lowest BCUT2D eigenvalue weighted by Gasteiger charge is -2.19. The Labute approximate surface area is 172 Å². The second kappa shape index (κ2) is 9.90. The molecule has 0 atom stereocenters. The summed E-state index contributed by atoms with van der Waals surface area (Å²) in [5.41, 5.74) is 2.55. The molecule has 0 fully saturated rings. The van der Waals surface area contributed by atoms with E-state index in [0.717, 1.165) is 16.8 Å². The summed E-state index contributed by atoms with van der Waals surface area (Å²) < 4.78 is 13.2. The van der Waals surface area contributed by atoms with Gasteiger partial charge in [0, 0.05) is 18.0 Å². The molecule has 150 valence electrons. The molecule has 0 saturated heterocycles. The second-order valence-corrected chi connectivity index (χ2v) is 7.19. The van der Waals surface area contributed by atoms with Crippen LogP contribution in [-0.4, -0.2) is 36.9 Å². The van der Waals surface area contributed by atoms with Crippen molar-refractivity contribution in [1.82, 2.24) is 10.3 Å². The zero-order valence-corrected chi connectivity index (χ0v) is 16.8. The molecule has 0 radical (unpaired) electrons. The molecule has 2 amide bonds. The number of hydrogen-bond donors (Lipinski definition) is 2. The minimum atomic E-state index is -0.328. The van der Waals surface area contributed by atoms with Crippen LogP contribution >= 0.6 is 11.3 Å². The van der Waals surface area contributed by atoms with Gasteiger partial charge in [0.25, 0.3) is 11.8 Å². The third kappa shape index (κ3) is 5.69. The van der Waals surface area contributed by atoms with Gasteiger partial charge in [-0.3, -0.25) is 14.5 Å². The fourth-order valence-electron chi connectivity index (χ4n) is 2.70. The molecule has 0 unspecified atom stereocenters. The number of nitrogens with two attached hydrogens (primary N) is 1. The van der Waals surface area contributed by atoms with E-state index in [2.05, 4.69) is 10.3 Å². The first-order chi connectivity index (χ1) is 14.1. The number of amides is 2. The number of aromatic nitrogens is 1. The molecule has 0 aliphatic heterocycles. The first kappa shape index (κ1) is 20.6. The highest BCUT2D eigenvalue weighted by Gasteiger charge is 2.21. The second-order valence-electron chi connectivity index (χ2n) is 6.36. The Balaban J connectivity index is 1.80. The van der Waals surface area contributed by atoms with Crippen LogP contribution in [0.15, 0.2) is 60.0 Å². The summed E-state index contributed by atoms with van der Waals surface area (Å²) >= 11 is 1.37. The Bertz CT molecular complexity index is 960. The predicted octanol–water partition coefficient (Wildman–Crippen LogP) is 1.79. The molecule has 0 aliphatic carbocycles. The Morgan fingerprint density at radius 1 is 1.10 bits per heavy atom. The van der Waals surface area contributed by atoms with Crippen LogP contribution in [-0.2, 0) is 16.1 Å². The molecule has 0 aliphatic rings. The highest BCUT2D eigenvalue weighted by molar-refractivity contribution is 7.14. The van der Waals surface area contributed by atoms with Crippen molar-refractivity contribution in [1.29, 1.82) is 0 Å². The van der Waals surface area contributed by atoms with E-state index in [1.807, 2.05) is 35.7 Å². The standard InChI is InChI=1S/C21H21FN4O2S/c1-23-19(27)11-24-12-20(28)26(13-15-7-9-17(22)10-8-15)21-25-18(14-29-21)16-5-3-2-4-6-16/h2-10,14,24H,11-13H2,1H3,(H,23,27)/p+1. The van der Waals surface area contributed by atoms with Crippen LogP contribution in [0.1, 0.15) is 5.56 Å². The largest absolute Gasteiger partial charge is 0.354 e. The highest BCUT2D eigenvalue weighted by Crippen LogP contribution is 2.28. The van der Waals surface area contributed by atoms with E-state index in [-0.39, 0.29) is 37.3 Å². The summed E-state index contributed by atoms with van der Waals surface area (Å²) in [6.07, 6.45) is 0. The smallest absolute Gasteiger partial charge is 0.284 e. The van der Waals surface area contributed by atoms with Gasteiger partial charge in [0.15, 0.2) is 18.2 Å². The maximum Gasteiger partial charge on any atom is 0.284 e. The van der Waals surface area contributed by atoms with E-state index >= 15 is 0 Å². The third-order valence-corrected chi connectivity index (χ3v) is 5.14. The maximum absolute atomic E-state index is 13.2. The van der Waals surface area contributed by atoms with Crippen molar-refractivity contribution in [3.05, 3.63) is 71.4 Å². The van der Waals surface area contributed by atoms with Crippen LogP contribution in [0.25, 0.3) is 11.3 Å². The average Bonchev–Trinajstić information content (AvgIpc) is 3.23. The molecule has 0 spiro atoms. The number of carbonyl (C=O) groups is 2. The van der Waals surface area contributed by atoms with Crippen molar-refractivity contribution in [2.75, 3.05) is 25.0 Å². The van der Waals surface area contributed by atoms with Crippen LogP contribution in [0, 0.1) is 5.82 Å². The lowest BCUT2D eigenvalue weighted by atomic mass is 10.2. The number of rotatable bonds is 8. The van der Waals surface area contributed by atoms with E-state index < -0.39 is 0 Å². The number of hydrogen-bond acceptors (Lipinski definition) is 4. The Morgan fingerprint density at radius 3 is 2.52 bits per heavy atom. The third-order valence-electron chi connectivity index (χ3n) is 4.28. The highest BCUT2D eigenvalue weighted by atomic mass is 32.1. The maximum atomic E-state index is 13.2. The van der Waals surface area contributed by atoms with Gasteiger partial charge in [0.2, 0.25) is 0 Å². The number of likely N-dealkylation sites (N-methyl/N-ethyl adjacent to an activating group) is 1. The van der Waals surface area contributed by atoms with Crippen LogP contribution in [0.3, 0.4) is 0 Å². The van der Waals surface area contributed by atoms with Crippen molar-refractivity contribution in [2.45, 2.75) is 6.54 Å². The predicted molar refractivity (Wildman–Crippen MR) is 111 cm³/mol. The molecular weight excluding hydrogens is 391 g/mol. The van der Waals surface area contributed by atoms with Gasteiger partial charge < -0.3 is 10.6 Å². The van der Waals surface area contributed by atoms with Gasteiger partial charge in [0.1, 0.15) is 5.82 Å². The zero-order chi connectivity index (χ0) is 20.6. The fraction of sp³-hybridized carbons (Fsp3) is 0.190. The monoisotopic (exact) mass is 413 g/mol. The number of quaternary nitrogens is 1. The van der Waals surface area contributed by atoms with Crippen molar-refractivity contribution in [3.8, 4) is 11.3 Å². The van der Waals surface area contributed by atoms with Gasteiger partial charge >= 0.3 is 0 Å². The quantitative estimate of drug-likeness (QED) is 0.591. The van der Waals surface area contributed by atoms with Gasteiger partial charge in [-0.25, -0.2) is 9.37 Å². The Hall–Kier alpha value is -3.10. The molecular formula is C21H22FN4O2S+. The average molecular weight is 413 g/mol. The number of nitrogens with one attached hydrogen (secondary N) is 1. The number of benzene rings is 2. The number of anilines is 1. The molecule has 0 saturated carbocycles. The van der Waals surface area contributed by atoms with Gasteiger partial charge in [-0.15, -0.1) is 11.3 Å². The van der Waals surface area contributed by atoms with Gasteiger partial charge in [-0.2, -0.15) is 0 Å². The van der Waals surface area contributed by atoms with Crippen molar-refractivity contribution >= 4 is 28.3 Å². The fourth-order valence-corrected chi connectivity index (χ4v) is 3.55. The SMILES string of the molecule is CNC(=O)C[NH2+]CC(=O)N(Cc1ccc(F)cc1)c1nc(-c2ccccc2)cs1. The van der Waals surface area contributed by atoms with Crippen molar-refractivity contribution in [2.24, 2.45) is 0 Å². The van der Waals surface area contributed by atoms with Crippen molar-refractivity contribution in [3.63, 3.8) is 0 Å². The van der Waals surface area contributed by atoms with E-state index in [4.69, 9.17) is 0 Å². The lowest BCUT2D eigenvalue weighted by Crippen LogP contribution is -2.88.